The highest BCUT2D eigenvalue weighted by Gasteiger charge is 2.08. The number of rotatable bonds is 2. The molecule has 0 aliphatic carbocycles. The van der Waals surface area contributed by atoms with Crippen molar-refractivity contribution in [3.63, 3.8) is 0 Å². The minimum Gasteiger partial charge on any atom is -0.306 e. The van der Waals surface area contributed by atoms with E-state index in [1.807, 2.05) is 27.7 Å². The molecule has 0 aromatic carbocycles. The summed E-state index contributed by atoms with van der Waals surface area (Å²) in [6.07, 6.45) is 2.13. The Morgan fingerprint density at radius 1 is 1.11 bits per heavy atom. The van der Waals surface area contributed by atoms with Gasteiger partial charge in [-0.15, -0.1) is 0 Å². The summed E-state index contributed by atoms with van der Waals surface area (Å²) in [6.45, 7) is 8.07. The molecule has 2 nitrogen and oxygen atoms in total. The lowest BCUT2D eigenvalue weighted by molar-refractivity contribution is 0.270. The molecule has 9 heavy (non-hydrogen) atoms. The lowest BCUT2D eigenvalue weighted by Gasteiger charge is -2.23. The van der Waals surface area contributed by atoms with Crippen LogP contribution in [0.5, 0.6) is 0 Å². The molecule has 0 spiro atoms. The molecule has 0 aromatic heterocycles. The molecule has 0 heterocycles. The van der Waals surface area contributed by atoms with Gasteiger partial charge >= 0.3 is 0 Å². The van der Waals surface area contributed by atoms with Gasteiger partial charge < -0.3 is 4.90 Å². The summed E-state index contributed by atoms with van der Waals surface area (Å²) in [4.78, 5) is 1.76. The standard InChI is InChI=1S/C7H14N2/c1-6(2)9(5-8)7(3)4/h6-7H,1-4H3. The lowest BCUT2D eigenvalue weighted by Crippen LogP contribution is -2.32. The quantitative estimate of drug-likeness (QED) is 0.415. The second-order valence-corrected chi connectivity index (χ2v) is 2.69. The van der Waals surface area contributed by atoms with Crippen LogP contribution in [0.2, 0.25) is 0 Å². The van der Waals surface area contributed by atoms with Crippen LogP contribution < -0.4 is 0 Å². The second-order valence-electron chi connectivity index (χ2n) is 2.69. The maximum atomic E-state index is 8.54. The van der Waals surface area contributed by atoms with E-state index in [1.54, 1.807) is 4.90 Å². The maximum absolute atomic E-state index is 8.54. The molecule has 0 aliphatic heterocycles. The van der Waals surface area contributed by atoms with E-state index < -0.39 is 0 Å². The fourth-order valence-corrected chi connectivity index (χ4v) is 0.827. The molecule has 2 heteroatoms. The third-order valence-electron chi connectivity index (χ3n) is 1.23. The monoisotopic (exact) mass is 126 g/mol. The van der Waals surface area contributed by atoms with Crippen LogP contribution in [0.25, 0.3) is 0 Å². The molecule has 0 fully saturated rings. The highest BCUT2D eigenvalue weighted by molar-refractivity contribution is 4.79. The first kappa shape index (κ1) is 8.29. The van der Waals surface area contributed by atoms with Gasteiger partial charge in [0.15, 0.2) is 6.19 Å². The Morgan fingerprint density at radius 3 is 1.44 bits per heavy atom. The van der Waals surface area contributed by atoms with E-state index in [0.717, 1.165) is 0 Å². The molecular weight excluding hydrogens is 112 g/mol. The molecule has 0 unspecified atom stereocenters. The van der Waals surface area contributed by atoms with Crippen LogP contribution in [-0.4, -0.2) is 17.0 Å². The van der Waals surface area contributed by atoms with Crippen LogP contribution in [0.1, 0.15) is 27.7 Å². The summed E-state index contributed by atoms with van der Waals surface area (Å²) >= 11 is 0. The van der Waals surface area contributed by atoms with Gasteiger partial charge in [-0.25, -0.2) is 0 Å². The van der Waals surface area contributed by atoms with Crippen molar-refractivity contribution in [3.05, 3.63) is 0 Å². The van der Waals surface area contributed by atoms with Crippen molar-refractivity contribution in [3.8, 4) is 6.19 Å². The van der Waals surface area contributed by atoms with Crippen molar-refractivity contribution in [2.24, 2.45) is 0 Å². The van der Waals surface area contributed by atoms with E-state index in [-0.39, 0.29) is 0 Å². The molecule has 0 aliphatic rings. The second kappa shape index (κ2) is 3.34. The summed E-state index contributed by atoms with van der Waals surface area (Å²) in [5.74, 6) is 0. The maximum Gasteiger partial charge on any atom is 0.179 e. The van der Waals surface area contributed by atoms with Crippen LogP contribution in [-0.2, 0) is 0 Å². The first-order valence-electron chi connectivity index (χ1n) is 3.27. The molecule has 0 bridgehead atoms. The molecule has 0 radical (unpaired) electrons. The first-order valence-corrected chi connectivity index (χ1v) is 3.27. The Labute approximate surface area is 57.1 Å². The summed E-state index contributed by atoms with van der Waals surface area (Å²) in [6, 6.07) is 0.657. The molecule has 0 saturated heterocycles. The molecule has 0 atom stereocenters. The molecule has 0 rings (SSSR count). The molecule has 52 valence electrons. The Kier molecular flexibility index (Phi) is 3.08. The molecule has 0 aromatic rings. The van der Waals surface area contributed by atoms with Crippen molar-refractivity contribution in [2.45, 2.75) is 39.8 Å². The van der Waals surface area contributed by atoms with Crippen molar-refractivity contribution in [2.75, 3.05) is 0 Å². The van der Waals surface area contributed by atoms with Crippen LogP contribution >= 0.6 is 0 Å². The largest absolute Gasteiger partial charge is 0.306 e. The average molecular weight is 126 g/mol. The van der Waals surface area contributed by atoms with Gasteiger partial charge in [0, 0.05) is 12.1 Å². The minimum atomic E-state index is 0.329. The zero-order valence-electron chi connectivity index (χ0n) is 6.55. The van der Waals surface area contributed by atoms with Crippen LogP contribution in [0.15, 0.2) is 0 Å². The Morgan fingerprint density at radius 2 is 1.44 bits per heavy atom. The Hall–Kier alpha value is -0.710. The van der Waals surface area contributed by atoms with Gasteiger partial charge in [-0.3, -0.25) is 0 Å². The smallest absolute Gasteiger partial charge is 0.179 e. The topological polar surface area (TPSA) is 27.0 Å². The highest BCUT2D eigenvalue weighted by atomic mass is 15.2. The Balaban J connectivity index is 3.87. The number of nitrogens with zero attached hydrogens (tertiary/aromatic N) is 2. The number of hydrogen-bond donors (Lipinski definition) is 0. The predicted molar refractivity (Wildman–Crippen MR) is 37.7 cm³/mol. The van der Waals surface area contributed by atoms with E-state index in [4.69, 9.17) is 5.26 Å². The van der Waals surface area contributed by atoms with Crippen molar-refractivity contribution < 1.29 is 0 Å². The van der Waals surface area contributed by atoms with Crippen molar-refractivity contribution in [1.29, 1.82) is 5.26 Å². The zero-order valence-corrected chi connectivity index (χ0v) is 6.55. The number of nitriles is 1. The van der Waals surface area contributed by atoms with Gasteiger partial charge in [-0.1, -0.05) is 0 Å². The number of hydrogen-bond acceptors (Lipinski definition) is 2. The van der Waals surface area contributed by atoms with Crippen LogP contribution in [0, 0.1) is 11.5 Å². The molecule has 0 amide bonds. The van der Waals surface area contributed by atoms with Gasteiger partial charge in [0.05, 0.1) is 0 Å². The van der Waals surface area contributed by atoms with Gasteiger partial charge in [-0.05, 0) is 27.7 Å². The summed E-state index contributed by atoms with van der Waals surface area (Å²) < 4.78 is 0. The summed E-state index contributed by atoms with van der Waals surface area (Å²) in [5.41, 5.74) is 0. The normalized spacial score (nSPS) is 9.89. The summed E-state index contributed by atoms with van der Waals surface area (Å²) in [7, 11) is 0. The third-order valence-corrected chi connectivity index (χ3v) is 1.23. The van der Waals surface area contributed by atoms with E-state index in [9.17, 15) is 0 Å². The predicted octanol–water partition coefficient (Wildman–Crippen LogP) is 1.59. The van der Waals surface area contributed by atoms with Gasteiger partial charge in [0.2, 0.25) is 0 Å². The fourth-order valence-electron chi connectivity index (χ4n) is 0.827. The highest BCUT2D eigenvalue weighted by Crippen LogP contribution is 2.00. The van der Waals surface area contributed by atoms with Gasteiger partial charge in [-0.2, -0.15) is 5.26 Å². The van der Waals surface area contributed by atoms with Crippen molar-refractivity contribution in [1.82, 2.24) is 4.90 Å². The SMILES string of the molecule is CC(C)N(C#N)C(C)C. The molecular formula is C7H14N2. The third kappa shape index (κ3) is 2.36. The van der Waals surface area contributed by atoms with E-state index in [2.05, 4.69) is 6.19 Å². The van der Waals surface area contributed by atoms with Crippen molar-refractivity contribution >= 4 is 0 Å². The Bertz CT molecular complexity index is 103. The molecule has 0 N–H and O–H groups in total. The minimum absolute atomic E-state index is 0.329. The lowest BCUT2D eigenvalue weighted by atomic mass is 10.2. The van der Waals surface area contributed by atoms with Gasteiger partial charge in [0.25, 0.3) is 0 Å². The van der Waals surface area contributed by atoms with Gasteiger partial charge in [0.1, 0.15) is 0 Å². The summed E-state index contributed by atoms with van der Waals surface area (Å²) in [5, 5.41) is 8.54. The van der Waals surface area contributed by atoms with E-state index >= 15 is 0 Å². The fraction of sp³-hybridized carbons (Fsp3) is 0.857. The van der Waals surface area contributed by atoms with Crippen LogP contribution in [0.4, 0.5) is 0 Å². The van der Waals surface area contributed by atoms with E-state index in [0.29, 0.717) is 12.1 Å². The van der Waals surface area contributed by atoms with Crippen LogP contribution in [0.3, 0.4) is 0 Å². The zero-order chi connectivity index (χ0) is 7.44. The first-order chi connectivity index (χ1) is 4.09. The molecule has 0 saturated carbocycles. The van der Waals surface area contributed by atoms with E-state index in [1.165, 1.54) is 0 Å². The average Bonchev–Trinajstić information content (AvgIpc) is 1.64.